The molecule has 1 spiro atoms. The van der Waals surface area contributed by atoms with E-state index in [4.69, 9.17) is 9.47 Å². The van der Waals surface area contributed by atoms with Gasteiger partial charge in [0.2, 0.25) is 0 Å². The third-order valence-electron chi connectivity index (χ3n) is 6.74. The van der Waals surface area contributed by atoms with Crippen LogP contribution >= 0.6 is 0 Å². The Morgan fingerprint density at radius 1 is 1.10 bits per heavy atom. The zero-order valence-corrected chi connectivity index (χ0v) is 18.9. The van der Waals surface area contributed by atoms with Crippen molar-refractivity contribution in [1.82, 2.24) is 4.90 Å². The van der Waals surface area contributed by atoms with Crippen LogP contribution < -0.4 is 4.74 Å². The molecule has 0 radical (unpaired) electrons. The van der Waals surface area contributed by atoms with Crippen LogP contribution in [0.4, 0.5) is 8.78 Å². The van der Waals surface area contributed by atoms with Crippen molar-refractivity contribution < 1.29 is 18.3 Å². The summed E-state index contributed by atoms with van der Waals surface area (Å²) in [5.74, 6) is 0.954. The second kappa shape index (κ2) is 8.87. The molecule has 0 N–H and O–H groups in total. The Morgan fingerprint density at radius 2 is 1.81 bits per heavy atom. The van der Waals surface area contributed by atoms with E-state index in [1.54, 1.807) is 24.3 Å². The molecular weight excluding hydrogens is 396 g/mol. The van der Waals surface area contributed by atoms with E-state index in [9.17, 15) is 8.78 Å². The molecule has 1 aliphatic heterocycles. The average Bonchev–Trinajstić information content (AvgIpc) is 3.28. The molecule has 1 saturated heterocycles. The topological polar surface area (TPSA) is 21.7 Å². The number of ether oxygens (including phenoxy) is 2. The lowest BCUT2D eigenvalue weighted by Crippen LogP contribution is -2.35. The van der Waals surface area contributed by atoms with Gasteiger partial charge in [0.1, 0.15) is 17.4 Å². The third kappa shape index (κ3) is 4.63. The van der Waals surface area contributed by atoms with Gasteiger partial charge in [0.25, 0.3) is 0 Å². The van der Waals surface area contributed by atoms with E-state index >= 15 is 0 Å². The first-order valence-corrected chi connectivity index (χ1v) is 11.3. The Bertz CT molecular complexity index is 899. The second-order valence-corrected chi connectivity index (χ2v) is 9.72. The highest BCUT2D eigenvalue weighted by atomic mass is 19.1. The molecule has 2 aliphatic rings. The molecule has 2 aromatic rings. The summed E-state index contributed by atoms with van der Waals surface area (Å²) in [6, 6.07) is 11.7. The monoisotopic (exact) mass is 429 g/mol. The third-order valence-corrected chi connectivity index (χ3v) is 6.74. The van der Waals surface area contributed by atoms with Crippen molar-refractivity contribution in [2.24, 2.45) is 5.92 Å². The van der Waals surface area contributed by atoms with Gasteiger partial charge in [0, 0.05) is 23.9 Å². The standard InChI is InChI=1S/C26H33F2NO2/c1-17(2)31-24-10-9-22(28)13-23(24)20-14-26(30-16-20)12-11-19(15-29(3)4)25(26)18-5-7-21(27)8-6-18/h5-10,13,17,19-20,25H,11-12,14-16H2,1-4H3/t19?,20-,25-,26-/m1/s1. The molecule has 31 heavy (non-hydrogen) atoms. The minimum absolute atomic E-state index is 0.0170. The molecular formula is C26H33F2NO2. The molecule has 3 nitrogen and oxygen atoms in total. The number of benzene rings is 2. The van der Waals surface area contributed by atoms with Crippen LogP contribution in [0.2, 0.25) is 0 Å². The summed E-state index contributed by atoms with van der Waals surface area (Å²) in [5, 5.41) is 0. The Labute approximate surface area is 184 Å². The van der Waals surface area contributed by atoms with E-state index in [1.165, 1.54) is 6.07 Å². The highest BCUT2D eigenvalue weighted by molar-refractivity contribution is 5.39. The number of halogens is 2. The first-order valence-electron chi connectivity index (χ1n) is 11.3. The summed E-state index contributed by atoms with van der Waals surface area (Å²) in [6.45, 7) is 5.46. The van der Waals surface area contributed by atoms with E-state index in [0.29, 0.717) is 12.5 Å². The van der Waals surface area contributed by atoms with Crippen molar-refractivity contribution in [3.8, 4) is 5.75 Å². The van der Waals surface area contributed by atoms with Crippen LogP contribution in [-0.4, -0.2) is 43.9 Å². The number of rotatable bonds is 6. The van der Waals surface area contributed by atoms with Gasteiger partial charge < -0.3 is 14.4 Å². The fourth-order valence-electron chi connectivity index (χ4n) is 5.68. The first kappa shape index (κ1) is 22.2. The molecule has 1 aliphatic carbocycles. The minimum Gasteiger partial charge on any atom is -0.491 e. The summed E-state index contributed by atoms with van der Waals surface area (Å²) in [4.78, 5) is 2.22. The summed E-state index contributed by atoms with van der Waals surface area (Å²) in [7, 11) is 4.18. The van der Waals surface area contributed by atoms with E-state index in [-0.39, 0.29) is 35.2 Å². The van der Waals surface area contributed by atoms with Gasteiger partial charge in [0.05, 0.1) is 18.3 Å². The molecule has 4 atom stereocenters. The quantitative estimate of drug-likeness (QED) is 0.584. The molecule has 168 valence electrons. The van der Waals surface area contributed by atoms with Crippen molar-refractivity contribution >= 4 is 0 Å². The van der Waals surface area contributed by atoms with Crippen LogP contribution in [-0.2, 0) is 4.74 Å². The van der Waals surface area contributed by atoms with Crippen LogP contribution in [0.1, 0.15) is 56.1 Å². The maximum absolute atomic E-state index is 14.2. The van der Waals surface area contributed by atoms with Crippen molar-refractivity contribution in [2.75, 3.05) is 27.2 Å². The van der Waals surface area contributed by atoms with Gasteiger partial charge in [-0.2, -0.15) is 0 Å². The van der Waals surface area contributed by atoms with Crippen LogP contribution in [0.25, 0.3) is 0 Å². The minimum atomic E-state index is -0.315. The molecule has 0 bridgehead atoms. The second-order valence-electron chi connectivity index (χ2n) is 9.72. The van der Waals surface area contributed by atoms with Gasteiger partial charge in [-0.1, -0.05) is 12.1 Å². The lowest BCUT2D eigenvalue weighted by atomic mass is 9.76. The van der Waals surface area contributed by atoms with E-state index < -0.39 is 0 Å². The molecule has 0 aromatic heterocycles. The maximum Gasteiger partial charge on any atom is 0.123 e. The van der Waals surface area contributed by atoms with Crippen LogP contribution in [0.5, 0.6) is 5.75 Å². The van der Waals surface area contributed by atoms with Gasteiger partial charge in [-0.25, -0.2) is 8.78 Å². The fraction of sp³-hybridized carbons (Fsp3) is 0.538. The summed E-state index contributed by atoms with van der Waals surface area (Å²) in [5.41, 5.74) is 1.70. The smallest absolute Gasteiger partial charge is 0.123 e. The van der Waals surface area contributed by atoms with E-state index in [2.05, 4.69) is 19.0 Å². The molecule has 5 heteroatoms. The van der Waals surface area contributed by atoms with Gasteiger partial charge in [-0.3, -0.25) is 0 Å². The molecule has 0 amide bonds. The van der Waals surface area contributed by atoms with E-state index in [1.807, 2.05) is 26.0 Å². The van der Waals surface area contributed by atoms with Crippen molar-refractivity contribution in [3.63, 3.8) is 0 Å². The van der Waals surface area contributed by atoms with Gasteiger partial charge in [0.15, 0.2) is 0 Å². The molecule has 4 rings (SSSR count). The van der Waals surface area contributed by atoms with Gasteiger partial charge in [-0.15, -0.1) is 0 Å². The van der Waals surface area contributed by atoms with E-state index in [0.717, 1.165) is 42.7 Å². The summed E-state index contributed by atoms with van der Waals surface area (Å²) in [6.07, 6.45) is 2.85. The van der Waals surface area contributed by atoms with Crippen molar-refractivity contribution in [1.29, 1.82) is 0 Å². The average molecular weight is 430 g/mol. The first-order chi connectivity index (χ1) is 14.8. The molecule has 2 aromatic carbocycles. The van der Waals surface area contributed by atoms with Crippen LogP contribution in [0.15, 0.2) is 42.5 Å². The number of hydrogen-bond acceptors (Lipinski definition) is 3. The highest BCUT2D eigenvalue weighted by Gasteiger charge is 2.54. The molecule has 1 heterocycles. The van der Waals surface area contributed by atoms with Crippen molar-refractivity contribution in [2.45, 2.75) is 56.7 Å². The lowest BCUT2D eigenvalue weighted by molar-refractivity contribution is -0.0103. The SMILES string of the molecule is CC(C)Oc1ccc(F)cc1[C@H]1CO[C@]2(CCC(CN(C)C)[C@H]2c2ccc(F)cc2)C1. The normalized spacial score (nSPS) is 28.2. The zero-order chi connectivity index (χ0) is 22.2. The molecule has 1 unspecified atom stereocenters. The largest absolute Gasteiger partial charge is 0.491 e. The zero-order valence-electron chi connectivity index (χ0n) is 18.9. The van der Waals surface area contributed by atoms with Crippen LogP contribution in [0.3, 0.4) is 0 Å². The summed E-state index contributed by atoms with van der Waals surface area (Å²) >= 11 is 0. The molecule has 1 saturated carbocycles. The molecule has 2 fully saturated rings. The lowest BCUT2D eigenvalue weighted by Gasteiger charge is -2.35. The predicted molar refractivity (Wildman–Crippen MR) is 119 cm³/mol. The number of hydrogen-bond donors (Lipinski definition) is 0. The highest BCUT2D eigenvalue weighted by Crippen LogP contribution is 2.57. The van der Waals surface area contributed by atoms with Gasteiger partial charge in [-0.05, 0) is 89.0 Å². The fourth-order valence-corrected chi connectivity index (χ4v) is 5.68. The van der Waals surface area contributed by atoms with Crippen molar-refractivity contribution in [3.05, 3.63) is 65.2 Å². The number of nitrogens with zero attached hydrogens (tertiary/aromatic N) is 1. The Morgan fingerprint density at radius 3 is 2.48 bits per heavy atom. The Hall–Kier alpha value is -1.98. The Kier molecular flexibility index (Phi) is 6.36. The predicted octanol–water partition coefficient (Wildman–Crippen LogP) is 5.75. The maximum atomic E-state index is 14.2. The van der Waals surface area contributed by atoms with Crippen LogP contribution in [0, 0.1) is 17.6 Å². The van der Waals surface area contributed by atoms with Gasteiger partial charge >= 0.3 is 0 Å². The Balaban J connectivity index is 1.66. The summed E-state index contributed by atoms with van der Waals surface area (Å²) < 4.78 is 40.4.